The number of aromatic nitrogens is 4. The van der Waals surface area contributed by atoms with Crippen LogP contribution in [0.1, 0.15) is 33.4 Å². The van der Waals surface area contributed by atoms with Gasteiger partial charge < -0.3 is 10.1 Å². The fraction of sp³-hybridized carbons (Fsp3) is 0.280. The number of aryl methyl sites for hydroxylation is 1. The summed E-state index contributed by atoms with van der Waals surface area (Å²) in [5, 5.41) is 8.12. The third kappa shape index (κ3) is 4.61. The summed E-state index contributed by atoms with van der Waals surface area (Å²) in [5.41, 5.74) is 2.53. The molecule has 1 fully saturated rings. The summed E-state index contributed by atoms with van der Waals surface area (Å²) in [5.74, 6) is 3.07. The maximum atomic E-state index is 14.5. The monoisotopic (exact) mass is 477 g/mol. The second-order valence-electron chi connectivity index (χ2n) is 8.42. The van der Waals surface area contributed by atoms with Crippen LogP contribution in [0.5, 0.6) is 5.75 Å². The molecule has 4 aromatic rings. The third-order valence-corrected chi connectivity index (χ3v) is 7.33. The zero-order valence-corrected chi connectivity index (χ0v) is 19.7. The van der Waals surface area contributed by atoms with Crippen LogP contribution in [-0.2, 0) is 13.5 Å². The van der Waals surface area contributed by atoms with E-state index < -0.39 is 11.9 Å². The van der Waals surface area contributed by atoms with E-state index in [-0.39, 0.29) is 11.7 Å². The van der Waals surface area contributed by atoms with Crippen LogP contribution in [0.2, 0.25) is 0 Å². The lowest BCUT2D eigenvalue weighted by Gasteiger charge is -2.23. The quantitative estimate of drug-likeness (QED) is 0.434. The van der Waals surface area contributed by atoms with E-state index in [9.17, 15) is 9.18 Å². The molecule has 1 aliphatic heterocycles. The number of carbonyl (C=O) groups excluding carboxylic acids is 1. The second-order valence-corrected chi connectivity index (χ2v) is 9.49. The van der Waals surface area contributed by atoms with Gasteiger partial charge in [0.1, 0.15) is 5.82 Å². The van der Waals surface area contributed by atoms with Gasteiger partial charge in [0.2, 0.25) is 0 Å². The predicted molar refractivity (Wildman–Crippen MR) is 130 cm³/mol. The van der Waals surface area contributed by atoms with Crippen molar-refractivity contribution in [1.82, 2.24) is 25.1 Å². The number of ether oxygens (including phenoxy) is 1. The zero-order valence-electron chi connectivity index (χ0n) is 18.9. The highest BCUT2D eigenvalue weighted by molar-refractivity contribution is 8.00. The largest absolute Gasteiger partial charge is 0.494 e. The molecule has 0 aliphatic carbocycles. The maximum absolute atomic E-state index is 14.5. The number of rotatable bonds is 7. The number of thioether (sulfide) groups is 1. The number of carbonyl (C=O) groups is 1. The first-order valence-corrected chi connectivity index (χ1v) is 12.1. The summed E-state index contributed by atoms with van der Waals surface area (Å²) in [7, 11) is 3.21. The number of fused-ring (bicyclic) bond motifs is 1. The number of benzene rings is 2. The number of nitrogens with one attached hydrogen (secondary N) is 1. The molecule has 0 saturated carbocycles. The third-order valence-electron chi connectivity index (χ3n) is 5.92. The molecule has 1 atom stereocenters. The van der Waals surface area contributed by atoms with Crippen LogP contribution in [0.25, 0.3) is 10.9 Å². The average Bonchev–Trinajstić information content (AvgIpc) is 3.25. The van der Waals surface area contributed by atoms with Crippen molar-refractivity contribution in [1.29, 1.82) is 0 Å². The minimum atomic E-state index is -0.589. The van der Waals surface area contributed by atoms with Crippen molar-refractivity contribution in [3.63, 3.8) is 0 Å². The molecule has 2 aromatic heterocycles. The molecule has 5 rings (SSSR count). The highest BCUT2D eigenvalue weighted by atomic mass is 32.2. The van der Waals surface area contributed by atoms with Crippen LogP contribution in [0.4, 0.5) is 4.39 Å². The van der Waals surface area contributed by atoms with Crippen LogP contribution in [-0.4, -0.2) is 44.3 Å². The maximum Gasteiger partial charge on any atom is 0.252 e. The fourth-order valence-electron chi connectivity index (χ4n) is 3.99. The van der Waals surface area contributed by atoms with Crippen LogP contribution >= 0.6 is 11.8 Å². The van der Waals surface area contributed by atoms with E-state index in [4.69, 9.17) is 9.72 Å². The molecule has 7 nitrogen and oxygen atoms in total. The first-order valence-electron chi connectivity index (χ1n) is 11.0. The van der Waals surface area contributed by atoms with E-state index in [1.165, 1.54) is 13.2 Å². The van der Waals surface area contributed by atoms with Crippen LogP contribution in [0.15, 0.2) is 55.0 Å². The molecule has 0 unspecified atom stereocenters. The Labute approximate surface area is 200 Å². The first kappa shape index (κ1) is 22.3. The molecule has 174 valence electrons. The molecule has 1 amide bonds. The van der Waals surface area contributed by atoms with Crippen molar-refractivity contribution >= 4 is 28.6 Å². The summed E-state index contributed by atoms with van der Waals surface area (Å²) in [4.78, 5) is 22.4. The van der Waals surface area contributed by atoms with Gasteiger partial charge in [-0.3, -0.25) is 9.48 Å². The van der Waals surface area contributed by atoms with Crippen molar-refractivity contribution in [3.05, 3.63) is 83.3 Å². The number of hydrogen-bond donors (Lipinski definition) is 1. The standard InChI is InChI=1S/C25H24FN5O2S/c1-31-12-19(11-28-31)24(16-5-6-22(33-2)20(26)8-16)30-25(32)17-3-4-18-10-27-23(29-21(18)9-17)7-15-13-34-14-15/h3-6,8-12,15,24H,7,13-14H2,1-2H3,(H,30,32)/t24-/m0/s1. The molecule has 0 radical (unpaired) electrons. The van der Waals surface area contributed by atoms with E-state index in [1.807, 2.05) is 24.0 Å². The van der Waals surface area contributed by atoms with Crippen molar-refractivity contribution < 1.29 is 13.9 Å². The van der Waals surface area contributed by atoms with Crippen LogP contribution in [0, 0.1) is 11.7 Å². The summed E-state index contributed by atoms with van der Waals surface area (Å²) in [6.45, 7) is 0. The Bertz CT molecular complexity index is 1350. The highest BCUT2D eigenvalue weighted by Crippen LogP contribution is 2.28. The topological polar surface area (TPSA) is 81.9 Å². The molecule has 0 spiro atoms. The summed E-state index contributed by atoms with van der Waals surface area (Å²) in [6.07, 6.45) is 6.12. The van der Waals surface area contributed by atoms with E-state index in [2.05, 4.69) is 15.4 Å². The molecular formula is C25H24FN5O2S. The molecular weight excluding hydrogens is 453 g/mol. The minimum absolute atomic E-state index is 0.144. The van der Waals surface area contributed by atoms with Gasteiger partial charge in [-0.05, 0) is 47.3 Å². The molecule has 2 aromatic carbocycles. The Hall–Kier alpha value is -3.46. The molecule has 1 aliphatic rings. The summed E-state index contributed by atoms with van der Waals surface area (Å²) >= 11 is 1.94. The van der Waals surface area contributed by atoms with Gasteiger partial charge in [0.25, 0.3) is 5.91 Å². The molecule has 1 N–H and O–H groups in total. The van der Waals surface area contributed by atoms with Gasteiger partial charge in [-0.1, -0.05) is 12.1 Å². The molecule has 0 bridgehead atoms. The highest BCUT2D eigenvalue weighted by Gasteiger charge is 2.22. The molecule has 34 heavy (non-hydrogen) atoms. The number of amides is 1. The summed E-state index contributed by atoms with van der Waals surface area (Å²) < 4.78 is 21.1. The van der Waals surface area contributed by atoms with E-state index in [0.29, 0.717) is 17.0 Å². The van der Waals surface area contributed by atoms with Crippen LogP contribution < -0.4 is 10.1 Å². The minimum Gasteiger partial charge on any atom is -0.494 e. The van der Waals surface area contributed by atoms with Crippen LogP contribution in [0.3, 0.4) is 0 Å². The Morgan fingerprint density at radius 3 is 2.76 bits per heavy atom. The van der Waals surface area contributed by atoms with Gasteiger partial charge in [-0.15, -0.1) is 0 Å². The Morgan fingerprint density at radius 1 is 1.24 bits per heavy atom. The molecule has 1 saturated heterocycles. The first-order chi connectivity index (χ1) is 16.5. The number of hydrogen-bond acceptors (Lipinski definition) is 6. The predicted octanol–water partition coefficient (Wildman–Crippen LogP) is 3.94. The van der Waals surface area contributed by atoms with Gasteiger partial charge in [0.15, 0.2) is 11.6 Å². The van der Waals surface area contributed by atoms with E-state index >= 15 is 0 Å². The van der Waals surface area contributed by atoms with Gasteiger partial charge in [0, 0.05) is 42.4 Å². The van der Waals surface area contributed by atoms with Gasteiger partial charge in [0.05, 0.1) is 24.9 Å². The second kappa shape index (κ2) is 9.42. The molecule has 9 heteroatoms. The lowest BCUT2D eigenvalue weighted by atomic mass is 10.0. The van der Waals surface area contributed by atoms with E-state index in [1.54, 1.807) is 48.4 Å². The number of nitrogens with zero attached hydrogens (tertiary/aromatic N) is 4. The lowest BCUT2D eigenvalue weighted by molar-refractivity contribution is 0.0943. The van der Waals surface area contributed by atoms with Crippen molar-refractivity contribution in [2.75, 3.05) is 18.6 Å². The molecule has 3 heterocycles. The Morgan fingerprint density at radius 2 is 2.09 bits per heavy atom. The van der Waals surface area contributed by atoms with Crippen molar-refractivity contribution in [2.24, 2.45) is 13.0 Å². The average molecular weight is 478 g/mol. The fourth-order valence-corrected chi connectivity index (χ4v) is 4.79. The number of halogens is 1. The SMILES string of the molecule is COc1ccc([C@H](NC(=O)c2ccc3cnc(CC4CSC4)nc3c2)c2cnn(C)c2)cc1F. The normalized spacial score (nSPS) is 14.6. The Balaban J connectivity index is 1.43. The number of methoxy groups -OCH3 is 1. The smallest absolute Gasteiger partial charge is 0.252 e. The van der Waals surface area contributed by atoms with Gasteiger partial charge >= 0.3 is 0 Å². The van der Waals surface area contributed by atoms with Crippen molar-refractivity contribution in [3.8, 4) is 5.75 Å². The lowest BCUT2D eigenvalue weighted by Crippen LogP contribution is -2.29. The van der Waals surface area contributed by atoms with Crippen molar-refractivity contribution in [2.45, 2.75) is 12.5 Å². The van der Waals surface area contributed by atoms with E-state index in [0.717, 1.165) is 40.2 Å². The zero-order chi connectivity index (χ0) is 23.7. The van der Waals surface area contributed by atoms with Gasteiger partial charge in [-0.2, -0.15) is 16.9 Å². The van der Waals surface area contributed by atoms with Gasteiger partial charge in [-0.25, -0.2) is 14.4 Å². The Kier molecular flexibility index (Phi) is 6.19. The summed E-state index contributed by atoms with van der Waals surface area (Å²) in [6, 6.07) is 9.44.